The Bertz CT molecular complexity index is 387. The molecular weight excluding hydrogens is 281 g/mol. The minimum absolute atomic E-state index is 0.298. The molecule has 0 saturated heterocycles. The number of alkyl halides is 4. The first kappa shape index (κ1) is 16.0. The summed E-state index contributed by atoms with van der Waals surface area (Å²) >= 11 is 5.46. The highest BCUT2D eigenvalue weighted by atomic mass is 35.5. The van der Waals surface area contributed by atoms with Gasteiger partial charge >= 0.3 is 6.18 Å². The van der Waals surface area contributed by atoms with Crippen LogP contribution in [0.1, 0.15) is 12.6 Å². The second kappa shape index (κ2) is 7.55. The minimum atomic E-state index is -4.43. The number of hydrogen-bond acceptors (Lipinski definition) is 3. The minimum Gasteiger partial charge on any atom is -0.378 e. The van der Waals surface area contributed by atoms with Crippen molar-refractivity contribution in [2.24, 2.45) is 0 Å². The number of halogens is 4. The number of hydrogen-bond donors (Lipinski definition) is 0. The first-order valence-electron chi connectivity index (χ1n) is 5.92. The Kier molecular flexibility index (Phi) is 6.37. The third-order valence-electron chi connectivity index (χ3n) is 2.46. The summed E-state index contributed by atoms with van der Waals surface area (Å²) in [6.45, 7) is 3.71. The van der Waals surface area contributed by atoms with Crippen LogP contribution in [-0.2, 0) is 10.9 Å². The second-order valence-electron chi connectivity index (χ2n) is 3.76. The first-order chi connectivity index (χ1) is 8.99. The lowest BCUT2D eigenvalue weighted by molar-refractivity contribution is -0.141. The summed E-state index contributed by atoms with van der Waals surface area (Å²) in [4.78, 5) is 5.36. The summed E-state index contributed by atoms with van der Waals surface area (Å²) in [6, 6.07) is 3.87. The van der Waals surface area contributed by atoms with Gasteiger partial charge < -0.3 is 9.64 Å². The van der Waals surface area contributed by atoms with Gasteiger partial charge in [0.05, 0.1) is 13.2 Å². The van der Waals surface area contributed by atoms with E-state index in [9.17, 15) is 13.2 Å². The molecule has 0 fully saturated rings. The van der Waals surface area contributed by atoms with E-state index in [1.807, 2.05) is 6.92 Å². The molecule has 19 heavy (non-hydrogen) atoms. The smallest absolute Gasteiger partial charge is 0.378 e. The number of ether oxygens (including phenoxy) is 1. The summed E-state index contributed by atoms with van der Waals surface area (Å²) in [6.07, 6.45) is -4.43. The lowest BCUT2D eigenvalue weighted by Gasteiger charge is -2.22. The van der Waals surface area contributed by atoms with Crippen LogP contribution < -0.4 is 4.90 Å². The van der Waals surface area contributed by atoms with Crippen molar-refractivity contribution in [3.05, 3.63) is 23.9 Å². The standard InChI is InChI=1S/C12H16ClF3N2O/c1-2-18(7-9-19-8-6-13)11-5-3-4-10(17-11)12(14,15)16/h3-5H,2,6-9H2,1H3. The van der Waals surface area contributed by atoms with Crippen molar-refractivity contribution in [1.29, 1.82) is 0 Å². The summed E-state index contributed by atoms with van der Waals surface area (Å²) in [5, 5.41) is 0. The predicted molar refractivity (Wildman–Crippen MR) is 68.7 cm³/mol. The van der Waals surface area contributed by atoms with Gasteiger partial charge in [-0.1, -0.05) is 6.07 Å². The quantitative estimate of drug-likeness (QED) is 0.571. The Labute approximate surface area is 115 Å². The molecule has 0 bridgehead atoms. The van der Waals surface area contributed by atoms with Gasteiger partial charge in [0.15, 0.2) is 0 Å². The maximum Gasteiger partial charge on any atom is 0.433 e. The molecule has 0 aliphatic heterocycles. The molecule has 0 spiro atoms. The Morgan fingerprint density at radius 1 is 1.32 bits per heavy atom. The van der Waals surface area contributed by atoms with Gasteiger partial charge in [-0.25, -0.2) is 4.98 Å². The summed E-state index contributed by atoms with van der Waals surface area (Å²) in [5.41, 5.74) is -0.884. The average Bonchev–Trinajstić information content (AvgIpc) is 2.38. The highest BCUT2D eigenvalue weighted by Gasteiger charge is 2.32. The van der Waals surface area contributed by atoms with E-state index in [0.717, 1.165) is 6.07 Å². The third-order valence-corrected chi connectivity index (χ3v) is 2.61. The van der Waals surface area contributed by atoms with Crippen molar-refractivity contribution in [1.82, 2.24) is 4.98 Å². The van der Waals surface area contributed by atoms with E-state index in [0.29, 0.717) is 38.0 Å². The number of likely N-dealkylation sites (N-methyl/N-ethyl adjacent to an activating group) is 1. The zero-order valence-electron chi connectivity index (χ0n) is 10.6. The van der Waals surface area contributed by atoms with Crippen molar-refractivity contribution in [3.8, 4) is 0 Å². The number of aromatic nitrogens is 1. The van der Waals surface area contributed by atoms with E-state index in [1.165, 1.54) is 6.07 Å². The Morgan fingerprint density at radius 3 is 2.63 bits per heavy atom. The van der Waals surface area contributed by atoms with Crippen LogP contribution in [-0.4, -0.2) is 37.2 Å². The Morgan fingerprint density at radius 2 is 2.05 bits per heavy atom. The topological polar surface area (TPSA) is 25.4 Å². The van der Waals surface area contributed by atoms with Crippen LogP contribution in [0, 0.1) is 0 Å². The summed E-state index contributed by atoms with van der Waals surface area (Å²) < 4.78 is 42.9. The molecule has 0 aromatic carbocycles. The molecule has 108 valence electrons. The lowest BCUT2D eigenvalue weighted by atomic mass is 10.3. The monoisotopic (exact) mass is 296 g/mol. The molecule has 7 heteroatoms. The normalized spacial score (nSPS) is 11.6. The van der Waals surface area contributed by atoms with Crippen molar-refractivity contribution in [3.63, 3.8) is 0 Å². The van der Waals surface area contributed by atoms with Crippen LogP contribution in [0.5, 0.6) is 0 Å². The number of pyridine rings is 1. The van der Waals surface area contributed by atoms with Crippen LogP contribution in [0.4, 0.5) is 19.0 Å². The molecule has 0 aliphatic carbocycles. The fraction of sp³-hybridized carbons (Fsp3) is 0.583. The van der Waals surface area contributed by atoms with Gasteiger partial charge in [-0.15, -0.1) is 11.6 Å². The van der Waals surface area contributed by atoms with E-state index < -0.39 is 11.9 Å². The molecule has 1 heterocycles. The predicted octanol–water partition coefficient (Wildman–Crippen LogP) is 3.18. The zero-order valence-corrected chi connectivity index (χ0v) is 11.3. The van der Waals surface area contributed by atoms with Gasteiger partial charge in [0.25, 0.3) is 0 Å². The summed E-state index contributed by atoms with van der Waals surface area (Å²) in [7, 11) is 0. The van der Waals surface area contributed by atoms with Crippen LogP contribution in [0.3, 0.4) is 0 Å². The first-order valence-corrected chi connectivity index (χ1v) is 6.45. The van der Waals surface area contributed by atoms with Crippen LogP contribution >= 0.6 is 11.6 Å². The van der Waals surface area contributed by atoms with Gasteiger partial charge in [0, 0.05) is 19.0 Å². The van der Waals surface area contributed by atoms with Crippen molar-refractivity contribution >= 4 is 17.4 Å². The Hall–Kier alpha value is -1.01. The van der Waals surface area contributed by atoms with Crippen molar-refractivity contribution < 1.29 is 17.9 Å². The number of rotatable bonds is 7. The summed E-state index contributed by atoms with van der Waals surface area (Å²) in [5.74, 6) is 0.695. The molecule has 0 aliphatic rings. The molecule has 0 saturated carbocycles. The number of nitrogens with zero attached hydrogens (tertiary/aromatic N) is 2. The number of anilines is 1. The molecule has 3 nitrogen and oxygen atoms in total. The Balaban J connectivity index is 2.70. The van der Waals surface area contributed by atoms with E-state index in [1.54, 1.807) is 11.0 Å². The van der Waals surface area contributed by atoms with Gasteiger partial charge in [-0.05, 0) is 19.1 Å². The molecule has 0 unspecified atom stereocenters. The second-order valence-corrected chi connectivity index (χ2v) is 4.14. The molecule has 0 amide bonds. The molecule has 0 atom stereocenters. The van der Waals surface area contributed by atoms with Crippen molar-refractivity contribution in [2.75, 3.05) is 37.1 Å². The molecular formula is C12H16ClF3N2O. The lowest BCUT2D eigenvalue weighted by Crippen LogP contribution is -2.28. The van der Waals surface area contributed by atoms with Crippen molar-refractivity contribution in [2.45, 2.75) is 13.1 Å². The van der Waals surface area contributed by atoms with E-state index in [4.69, 9.17) is 16.3 Å². The van der Waals surface area contributed by atoms with Gasteiger partial charge in [0.1, 0.15) is 11.5 Å². The van der Waals surface area contributed by atoms with Crippen LogP contribution in [0.15, 0.2) is 18.2 Å². The molecule has 1 rings (SSSR count). The highest BCUT2D eigenvalue weighted by Crippen LogP contribution is 2.28. The van der Waals surface area contributed by atoms with Crippen LogP contribution in [0.2, 0.25) is 0 Å². The maximum atomic E-state index is 12.6. The SMILES string of the molecule is CCN(CCOCCCl)c1cccc(C(F)(F)F)n1. The third kappa shape index (κ3) is 5.24. The van der Waals surface area contributed by atoms with E-state index >= 15 is 0 Å². The largest absolute Gasteiger partial charge is 0.433 e. The molecule has 1 aromatic rings. The fourth-order valence-electron chi connectivity index (χ4n) is 1.52. The maximum absolute atomic E-state index is 12.6. The average molecular weight is 297 g/mol. The van der Waals surface area contributed by atoms with E-state index in [2.05, 4.69) is 4.98 Å². The fourth-order valence-corrected chi connectivity index (χ4v) is 1.63. The van der Waals surface area contributed by atoms with Crippen LogP contribution in [0.25, 0.3) is 0 Å². The zero-order chi connectivity index (χ0) is 14.3. The molecule has 1 aromatic heterocycles. The van der Waals surface area contributed by atoms with E-state index in [-0.39, 0.29) is 0 Å². The van der Waals surface area contributed by atoms with Gasteiger partial charge in [-0.3, -0.25) is 0 Å². The van der Waals surface area contributed by atoms with Gasteiger partial charge in [-0.2, -0.15) is 13.2 Å². The molecule has 0 N–H and O–H groups in total. The van der Waals surface area contributed by atoms with Gasteiger partial charge in [0.2, 0.25) is 0 Å². The highest BCUT2D eigenvalue weighted by molar-refractivity contribution is 6.17. The molecule has 0 radical (unpaired) electrons.